The molecular weight excluding hydrogens is 320 g/mol. The molecule has 0 saturated heterocycles. The van der Waals surface area contributed by atoms with E-state index in [1.165, 1.54) is 6.07 Å². The Morgan fingerprint density at radius 1 is 1.27 bits per heavy atom. The minimum atomic E-state index is -1.74. The molecule has 0 amide bonds. The predicted octanol–water partition coefficient (Wildman–Crippen LogP) is 4.83. The van der Waals surface area contributed by atoms with Crippen LogP contribution in [0.15, 0.2) is 18.2 Å². The summed E-state index contributed by atoms with van der Waals surface area (Å²) in [4.78, 5) is 11.1. The minimum Gasteiger partial charge on any atom is -0.493 e. The fourth-order valence-electron chi connectivity index (χ4n) is 1.58. The van der Waals surface area contributed by atoms with Crippen molar-refractivity contribution in [2.75, 3.05) is 13.2 Å². The summed E-state index contributed by atoms with van der Waals surface area (Å²) in [6.45, 7) is 12.0. The van der Waals surface area contributed by atoms with E-state index >= 15 is 0 Å². The van der Waals surface area contributed by atoms with E-state index in [9.17, 15) is 4.79 Å². The number of hydrogen-bond donors (Lipinski definition) is 1. The van der Waals surface area contributed by atoms with Crippen LogP contribution in [0.25, 0.3) is 0 Å². The van der Waals surface area contributed by atoms with Gasteiger partial charge >= 0.3 is 5.97 Å². The molecule has 1 aromatic rings. The lowest BCUT2D eigenvalue weighted by Gasteiger charge is -2.36. The third-order valence-corrected chi connectivity index (χ3v) is 8.76. The van der Waals surface area contributed by atoms with Gasteiger partial charge < -0.3 is 14.3 Å². The van der Waals surface area contributed by atoms with Crippen LogP contribution in [0.2, 0.25) is 23.2 Å². The van der Waals surface area contributed by atoms with Crippen LogP contribution in [-0.2, 0) is 4.43 Å². The van der Waals surface area contributed by atoms with Gasteiger partial charge in [0, 0.05) is 18.1 Å². The molecule has 1 aromatic carbocycles. The first kappa shape index (κ1) is 19.0. The van der Waals surface area contributed by atoms with Gasteiger partial charge in [-0.1, -0.05) is 32.4 Å². The van der Waals surface area contributed by atoms with E-state index in [1.807, 2.05) is 0 Å². The van der Waals surface area contributed by atoms with E-state index in [4.69, 9.17) is 25.9 Å². The maximum atomic E-state index is 11.1. The second-order valence-corrected chi connectivity index (χ2v) is 12.0. The van der Waals surface area contributed by atoms with Crippen LogP contribution in [0, 0.1) is 0 Å². The summed E-state index contributed by atoms with van der Waals surface area (Å²) in [6, 6.07) is 4.60. The van der Waals surface area contributed by atoms with E-state index < -0.39 is 14.3 Å². The Labute approximate surface area is 138 Å². The van der Waals surface area contributed by atoms with Crippen LogP contribution in [0.4, 0.5) is 0 Å². The maximum absolute atomic E-state index is 11.1. The van der Waals surface area contributed by atoms with Gasteiger partial charge in [-0.3, -0.25) is 0 Å². The van der Waals surface area contributed by atoms with Gasteiger partial charge in [0.2, 0.25) is 0 Å². The van der Waals surface area contributed by atoms with Crippen molar-refractivity contribution in [3.05, 3.63) is 28.8 Å². The van der Waals surface area contributed by atoms with E-state index in [0.717, 1.165) is 0 Å². The zero-order valence-corrected chi connectivity index (χ0v) is 15.7. The third kappa shape index (κ3) is 5.30. The van der Waals surface area contributed by atoms with Crippen molar-refractivity contribution in [1.29, 1.82) is 0 Å². The molecule has 0 unspecified atom stereocenters. The number of rotatable bonds is 7. The van der Waals surface area contributed by atoms with E-state index in [-0.39, 0.29) is 10.6 Å². The first-order chi connectivity index (χ1) is 10.0. The zero-order chi connectivity index (χ0) is 17.0. The molecule has 0 aliphatic rings. The molecule has 0 radical (unpaired) electrons. The van der Waals surface area contributed by atoms with E-state index in [2.05, 4.69) is 33.9 Å². The fraction of sp³-hybridized carbons (Fsp3) is 0.562. The smallest absolute Gasteiger partial charge is 0.339 e. The lowest BCUT2D eigenvalue weighted by atomic mass is 10.2. The van der Waals surface area contributed by atoms with Crippen molar-refractivity contribution < 1.29 is 19.1 Å². The first-order valence-electron chi connectivity index (χ1n) is 7.34. The summed E-state index contributed by atoms with van der Waals surface area (Å²) < 4.78 is 11.6. The van der Waals surface area contributed by atoms with Crippen molar-refractivity contribution in [3.63, 3.8) is 0 Å². The molecule has 1 rings (SSSR count). The second-order valence-electron chi connectivity index (χ2n) is 6.76. The highest BCUT2D eigenvalue weighted by Crippen LogP contribution is 2.36. The number of benzene rings is 1. The van der Waals surface area contributed by atoms with Crippen LogP contribution in [0.3, 0.4) is 0 Å². The number of carboxylic acids is 1. The fourth-order valence-corrected chi connectivity index (χ4v) is 2.84. The molecular formula is C16H25ClO4Si. The molecule has 0 aliphatic carbocycles. The van der Waals surface area contributed by atoms with Crippen LogP contribution in [-0.4, -0.2) is 32.6 Å². The molecule has 6 heteroatoms. The van der Waals surface area contributed by atoms with Gasteiger partial charge in [0.1, 0.15) is 11.3 Å². The molecule has 0 saturated carbocycles. The van der Waals surface area contributed by atoms with E-state index in [0.29, 0.717) is 30.4 Å². The number of ether oxygens (including phenoxy) is 1. The molecule has 0 aliphatic heterocycles. The average molecular weight is 345 g/mol. The van der Waals surface area contributed by atoms with Crippen molar-refractivity contribution in [3.8, 4) is 5.75 Å². The number of hydrogen-bond acceptors (Lipinski definition) is 3. The Hall–Kier alpha value is -1.04. The largest absolute Gasteiger partial charge is 0.493 e. The lowest BCUT2D eigenvalue weighted by molar-refractivity contribution is 0.0692. The number of carboxylic acid groups (broad SMARTS) is 1. The zero-order valence-electron chi connectivity index (χ0n) is 13.9. The van der Waals surface area contributed by atoms with Crippen LogP contribution < -0.4 is 4.74 Å². The Bertz CT molecular complexity index is 523. The highest BCUT2D eigenvalue weighted by Gasteiger charge is 2.36. The number of halogens is 1. The normalized spacial score (nSPS) is 12.3. The molecule has 22 heavy (non-hydrogen) atoms. The van der Waals surface area contributed by atoms with Crippen molar-refractivity contribution in [1.82, 2.24) is 0 Å². The van der Waals surface area contributed by atoms with Crippen molar-refractivity contribution in [2.24, 2.45) is 0 Å². The summed E-state index contributed by atoms with van der Waals surface area (Å²) in [5.41, 5.74) is 0.0813. The van der Waals surface area contributed by atoms with Crippen molar-refractivity contribution >= 4 is 25.9 Å². The molecule has 0 bridgehead atoms. The highest BCUT2D eigenvalue weighted by atomic mass is 35.5. The molecule has 0 fully saturated rings. The summed E-state index contributed by atoms with van der Waals surface area (Å²) in [5, 5.41) is 9.69. The molecule has 0 spiro atoms. The molecule has 0 heterocycles. The molecule has 124 valence electrons. The summed E-state index contributed by atoms with van der Waals surface area (Å²) in [6.07, 6.45) is 0.716. The van der Waals surface area contributed by atoms with Gasteiger partial charge in [-0.25, -0.2) is 4.79 Å². The van der Waals surface area contributed by atoms with Crippen LogP contribution >= 0.6 is 11.6 Å². The number of aromatic carboxylic acids is 1. The maximum Gasteiger partial charge on any atom is 0.339 e. The first-order valence-corrected chi connectivity index (χ1v) is 10.6. The standard InChI is InChI=1S/C16H25ClO4Si/c1-16(2,3)22(4,5)21-10-6-9-20-14-8-7-12(17)11-13(14)15(18)19/h7-8,11H,6,9-10H2,1-5H3,(H,18,19). The topological polar surface area (TPSA) is 55.8 Å². The van der Waals surface area contributed by atoms with Gasteiger partial charge in [0.15, 0.2) is 8.32 Å². The highest BCUT2D eigenvalue weighted by molar-refractivity contribution is 6.74. The average Bonchev–Trinajstić information content (AvgIpc) is 2.38. The molecule has 0 aromatic heterocycles. The lowest BCUT2D eigenvalue weighted by Crippen LogP contribution is -2.41. The second kappa shape index (κ2) is 7.48. The quantitative estimate of drug-likeness (QED) is 0.568. The van der Waals surface area contributed by atoms with Gasteiger partial charge in [-0.2, -0.15) is 0 Å². The molecule has 1 N–H and O–H groups in total. The summed E-state index contributed by atoms with van der Waals surface area (Å²) in [7, 11) is -1.74. The third-order valence-electron chi connectivity index (χ3n) is 3.99. The van der Waals surface area contributed by atoms with Gasteiger partial charge in [0.05, 0.1) is 6.61 Å². The van der Waals surface area contributed by atoms with Crippen LogP contribution in [0.5, 0.6) is 5.75 Å². The van der Waals surface area contributed by atoms with Gasteiger partial charge in [-0.05, 0) is 36.3 Å². The monoisotopic (exact) mass is 344 g/mol. The molecule has 4 nitrogen and oxygen atoms in total. The Morgan fingerprint density at radius 2 is 1.91 bits per heavy atom. The Kier molecular flexibility index (Phi) is 6.46. The SMILES string of the molecule is CC(C)(C)[Si](C)(C)OCCCOc1ccc(Cl)cc1C(=O)O. The van der Waals surface area contributed by atoms with Crippen LogP contribution in [0.1, 0.15) is 37.6 Å². The van der Waals surface area contributed by atoms with Gasteiger partial charge in [0.25, 0.3) is 0 Å². The summed E-state index contributed by atoms with van der Waals surface area (Å²) in [5.74, 6) is -0.709. The summed E-state index contributed by atoms with van der Waals surface area (Å²) >= 11 is 5.80. The number of carbonyl (C=O) groups is 1. The Balaban J connectivity index is 2.48. The van der Waals surface area contributed by atoms with Crippen molar-refractivity contribution in [2.45, 2.75) is 45.3 Å². The predicted molar refractivity (Wildman–Crippen MR) is 91.7 cm³/mol. The molecule has 0 atom stereocenters. The van der Waals surface area contributed by atoms with E-state index in [1.54, 1.807) is 12.1 Å². The Morgan fingerprint density at radius 3 is 2.45 bits per heavy atom. The van der Waals surface area contributed by atoms with Gasteiger partial charge in [-0.15, -0.1) is 0 Å². The minimum absolute atomic E-state index is 0.0813.